The molecule has 1 aliphatic rings. The molecule has 4 aromatic rings. The van der Waals surface area contributed by atoms with E-state index in [0.717, 1.165) is 11.1 Å². The van der Waals surface area contributed by atoms with Crippen LogP contribution in [-0.4, -0.2) is 40.0 Å². The number of hydrogen-bond donors (Lipinski definition) is 2. The first-order valence-corrected chi connectivity index (χ1v) is 12.0. The molecule has 1 fully saturated rings. The van der Waals surface area contributed by atoms with Crippen LogP contribution in [0.25, 0.3) is 16.8 Å². The molecule has 8 nitrogen and oxygen atoms in total. The van der Waals surface area contributed by atoms with Crippen molar-refractivity contribution in [3.63, 3.8) is 0 Å². The normalized spacial score (nSPS) is 17.1. The van der Waals surface area contributed by atoms with E-state index in [-0.39, 0.29) is 23.4 Å². The Morgan fingerprint density at radius 3 is 2.43 bits per heavy atom. The van der Waals surface area contributed by atoms with Crippen LogP contribution < -0.4 is 14.4 Å². The molecule has 8 heteroatoms. The van der Waals surface area contributed by atoms with Crippen molar-refractivity contribution in [2.45, 2.75) is 32.9 Å². The summed E-state index contributed by atoms with van der Waals surface area (Å²) in [5.74, 6) is -0.310. The van der Waals surface area contributed by atoms with Gasteiger partial charge < -0.3 is 19.6 Å². The van der Waals surface area contributed by atoms with Gasteiger partial charge in [0.1, 0.15) is 17.3 Å². The molecule has 1 amide bonds. The van der Waals surface area contributed by atoms with Gasteiger partial charge in [-0.2, -0.15) is 0 Å². The summed E-state index contributed by atoms with van der Waals surface area (Å²) in [5, 5.41) is 11.4. The molecule has 2 heterocycles. The number of H-pyrrole nitrogens is 1. The Bertz CT molecular complexity index is 1500. The van der Waals surface area contributed by atoms with Gasteiger partial charge in [0.25, 0.3) is 5.78 Å². The number of nitrogens with zero attached hydrogens (tertiary/aromatic N) is 2. The van der Waals surface area contributed by atoms with Gasteiger partial charge in [0.05, 0.1) is 35.9 Å². The number of aromatic nitrogens is 2. The van der Waals surface area contributed by atoms with Gasteiger partial charge in [0, 0.05) is 5.56 Å². The monoisotopic (exact) mass is 497 g/mol. The number of aliphatic hydroxyl groups is 1. The van der Waals surface area contributed by atoms with Gasteiger partial charge in [-0.1, -0.05) is 24.3 Å². The number of para-hydroxylation sites is 2. The number of rotatable bonds is 6. The fourth-order valence-corrected chi connectivity index (χ4v) is 4.60. The van der Waals surface area contributed by atoms with E-state index in [9.17, 15) is 14.7 Å². The summed E-state index contributed by atoms with van der Waals surface area (Å²) >= 11 is 0. The van der Waals surface area contributed by atoms with Gasteiger partial charge in [0.2, 0.25) is 5.95 Å². The van der Waals surface area contributed by atoms with Gasteiger partial charge in [0.15, 0.2) is 0 Å². The van der Waals surface area contributed by atoms with Crippen LogP contribution in [-0.2, 0) is 9.59 Å². The van der Waals surface area contributed by atoms with Crippen molar-refractivity contribution in [2.75, 3.05) is 12.0 Å². The molecule has 5 rings (SSSR count). The summed E-state index contributed by atoms with van der Waals surface area (Å²) in [4.78, 5) is 35.9. The lowest BCUT2D eigenvalue weighted by Crippen LogP contribution is -2.30. The number of ketones is 1. The van der Waals surface area contributed by atoms with Gasteiger partial charge in [-0.15, -0.1) is 0 Å². The lowest BCUT2D eigenvalue weighted by Gasteiger charge is -2.23. The number of benzene rings is 3. The zero-order valence-corrected chi connectivity index (χ0v) is 21.0. The molecule has 0 saturated carbocycles. The average Bonchev–Trinajstić information content (AvgIpc) is 3.42. The maximum absolute atomic E-state index is 13.4. The number of Topliss-reactive ketones (excluding diaryl/α,β-unsaturated/α-hetero) is 1. The summed E-state index contributed by atoms with van der Waals surface area (Å²) in [6, 6.07) is 18.7. The third-order valence-corrected chi connectivity index (χ3v) is 6.29. The molecule has 0 aliphatic carbocycles. The largest absolute Gasteiger partial charge is 0.507 e. The van der Waals surface area contributed by atoms with Crippen molar-refractivity contribution >= 4 is 34.4 Å². The Balaban J connectivity index is 1.68. The van der Waals surface area contributed by atoms with Crippen LogP contribution in [0, 0.1) is 6.92 Å². The Morgan fingerprint density at radius 2 is 1.78 bits per heavy atom. The third-order valence-electron chi connectivity index (χ3n) is 6.29. The number of nitrogens with one attached hydrogen (secondary N) is 1. The number of carbonyl (C=O) groups is 2. The summed E-state index contributed by atoms with van der Waals surface area (Å²) in [5.41, 5.74) is 3.18. The summed E-state index contributed by atoms with van der Waals surface area (Å²) in [6.07, 6.45) is -0.00894. The predicted octanol–water partition coefficient (Wildman–Crippen LogP) is 5.29. The van der Waals surface area contributed by atoms with E-state index in [2.05, 4.69) is 9.97 Å². The smallest absolute Gasteiger partial charge is 0.302 e. The Hall–Kier alpha value is -4.59. The average molecular weight is 498 g/mol. The summed E-state index contributed by atoms with van der Waals surface area (Å²) in [7, 11) is 1.56. The number of carbonyl (C=O) groups excluding carboxylic acids is 2. The van der Waals surface area contributed by atoms with Gasteiger partial charge in [-0.25, -0.2) is 4.98 Å². The van der Waals surface area contributed by atoms with Crippen LogP contribution in [0.5, 0.6) is 11.5 Å². The topological polar surface area (TPSA) is 105 Å². The molecule has 1 aliphatic heterocycles. The van der Waals surface area contributed by atoms with E-state index in [0.29, 0.717) is 28.1 Å². The van der Waals surface area contributed by atoms with Crippen molar-refractivity contribution in [3.8, 4) is 11.5 Å². The van der Waals surface area contributed by atoms with E-state index in [1.807, 2.05) is 45.0 Å². The van der Waals surface area contributed by atoms with Gasteiger partial charge >= 0.3 is 5.91 Å². The molecule has 2 N–H and O–H groups in total. The number of hydrogen-bond acceptors (Lipinski definition) is 6. The van der Waals surface area contributed by atoms with Gasteiger partial charge in [-0.3, -0.25) is 14.5 Å². The Kier molecular flexibility index (Phi) is 6.17. The molecule has 0 spiro atoms. The highest BCUT2D eigenvalue weighted by atomic mass is 16.5. The molecule has 0 radical (unpaired) electrons. The summed E-state index contributed by atoms with van der Waals surface area (Å²) in [6.45, 7) is 5.70. The van der Waals surface area contributed by atoms with Crippen LogP contribution in [0.4, 0.5) is 5.95 Å². The number of aryl methyl sites for hydroxylation is 1. The van der Waals surface area contributed by atoms with Crippen LogP contribution in [0.3, 0.4) is 0 Å². The molecular weight excluding hydrogens is 470 g/mol. The van der Waals surface area contributed by atoms with Crippen molar-refractivity contribution in [2.24, 2.45) is 0 Å². The Labute approximate surface area is 214 Å². The number of aliphatic hydroxyl groups excluding tert-OH is 1. The van der Waals surface area contributed by atoms with Crippen molar-refractivity contribution in [1.82, 2.24) is 9.97 Å². The number of anilines is 1. The molecule has 188 valence electrons. The minimum Gasteiger partial charge on any atom is -0.507 e. The molecule has 1 saturated heterocycles. The molecule has 1 aromatic heterocycles. The fraction of sp³-hybridized carbons (Fsp3) is 0.207. The first-order chi connectivity index (χ1) is 17.8. The number of amides is 1. The van der Waals surface area contributed by atoms with E-state index < -0.39 is 17.7 Å². The number of aromatic amines is 1. The maximum Gasteiger partial charge on any atom is 0.302 e. The first kappa shape index (κ1) is 24.1. The van der Waals surface area contributed by atoms with Crippen molar-refractivity contribution in [3.05, 3.63) is 89.0 Å². The highest BCUT2D eigenvalue weighted by Crippen LogP contribution is 2.42. The van der Waals surface area contributed by atoms with Crippen molar-refractivity contribution in [1.29, 1.82) is 0 Å². The molecule has 37 heavy (non-hydrogen) atoms. The molecular formula is C29H27N3O5. The molecule has 0 bridgehead atoms. The first-order valence-electron chi connectivity index (χ1n) is 12.0. The van der Waals surface area contributed by atoms with Crippen LogP contribution in [0.15, 0.2) is 72.3 Å². The number of methoxy groups -OCH3 is 1. The number of fused-ring (bicyclic) bond motifs is 1. The number of imidazole rings is 1. The molecule has 1 unspecified atom stereocenters. The Morgan fingerprint density at radius 1 is 1.05 bits per heavy atom. The van der Waals surface area contributed by atoms with Crippen LogP contribution in [0.1, 0.15) is 36.6 Å². The van der Waals surface area contributed by atoms with E-state index in [4.69, 9.17) is 9.47 Å². The maximum atomic E-state index is 13.4. The minimum atomic E-state index is -0.906. The second kappa shape index (κ2) is 9.46. The van der Waals surface area contributed by atoms with Crippen LogP contribution >= 0.6 is 0 Å². The highest BCUT2D eigenvalue weighted by molar-refractivity contribution is 6.51. The van der Waals surface area contributed by atoms with E-state index >= 15 is 0 Å². The quantitative estimate of drug-likeness (QED) is 0.213. The third kappa shape index (κ3) is 4.31. The lowest BCUT2D eigenvalue weighted by atomic mass is 9.95. The number of ether oxygens (including phenoxy) is 2. The zero-order valence-electron chi connectivity index (χ0n) is 21.0. The van der Waals surface area contributed by atoms with Crippen molar-refractivity contribution < 1.29 is 24.2 Å². The molecule has 1 atom stereocenters. The van der Waals surface area contributed by atoms with E-state index in [1.54, 1.807) is 49.6 Å². The second-order valence-electron chi connectivity index (χ2n) is 9.17. The zero-order chi connectivity index (χ0) is 26.3. The highest BCUT2D eigenvalue weighted by Gasteiger charge is 2.48. The minimum absolute atomic E-state index is 0.00894. The molecule has 3 aromatic carbocycles. The van der Waals surface area contributed by atoms with E-state index in [1.165, 1.54) is 4.90 Å². The summed E-state index contributed by atoms with van der Waals surface area (Å²) < 4.78 is 11.1. The SMILES string of the molecule is COc1ccc(/C(O)=C2\C(=O)C(=O)N(c3nc4ccccc4[nH]3)C2c2ccc(OC(C)C)cc2)cc1C. The second-order valence-corrected chi connectivity index (χ2v) is 9.17. The standard InChI is InChI=1S/C29H27N3O5/c1-16(2)37-20-12-9-18(10-13-20)25-24(26(33)19-11-14-23(36-4)17(3)15-19)27(34)28(35)32(25)29-30-21-7-5-6-8-22(21)31-29/h5-16,25,33H,1-4H3,(H,30,31)/b26-24+. The van der Waals surface area contributed by atoms with Crippen LogP contribution in [0.2, 0.25) is 0 Å². The fourth-order valence-electron chi connectivity index (χ4n) is 4.60. The predicted molar refractivity (Wildman–Crippen MR) is 141 cm³/mol. The van der Waals surface area contributed by atoms with Gasteiger partial charge in [-0.05, 0) is 74.4 Å². The lowest BCUT2D eigenvalue weighted by molar-refractivity contribution is -0.132.